The third-order valence-corrected chi connectivity index (χ3v) is 2.95. The number of rotatable bonds is 6. The number of benzene rings is 1. The van der Waals surface area contributed by atoms with E-state index in [4.69, 9.17) is 9.26 Å². The number of hydrogen-bond donors (Lipinski definition) is 1. The number of aryl methyl sites for hydroxylation is 2. The van der Waals surface area contributed by atoms with Gasteiger partial charge in [0.1, 0.15) is 5.75 Å². The van der Waals surface area contributed by atoms with E-state index in [1.165, 1.54) is 0 Å². The minimum atomic E-state index is -0.580. The molecule has 0 aliphatic carbocycles. The molecule has 1 aromatic heterocycles. The normalized spacial score (nSPS) is 12.4. The van der Waals surface area contributed by atoms with Gasteiger partial charge >= 0.3 is 0 Å². The largest absolute Gasteiger partial charge is 0.483 e. The maximum absolute atomic E-state index is 9.77. The fourth-order valence-electron chi connectivity index (χ4n) is 1.94. The van der Waals surface area contributed by atoms with Crippen LogP contribution in [0.15, 0.2) is 22.7 Å². The van der Waals surface area contributed by atoms with E-state index in [0.29, 0.717) is 17.5 Å². The maximum atomic E-state index is 9.77. The van der Waals surface area contributed by atoms with Crippen molar-refractivity contribution in [3.63, 3.8) is 0 Å². The zero-order valence-corrected chi connectivity index (χ0v) is 12.1. The quantitative estimate of drug-likeness (QED) is 0.878. The van der Waals surface area contributed by atoms with Gasteiger partial charge in [0.15, 0.2) is 12.4 Å². The standard InChI is InChI=1S/C15H20N2O3/c1-4-5-14-16-15(20-17-14)9-19-13-7-6-10(2)8-12(13)11(3)18/h6-8,11,18H,4-5,9H2,1-3H3/t11-/m1/s1. The van der Waals surface area contributed by atoms with Crippen molar-refractivity contribution in [3.8, 4) is 5.75 Å². The molecule has 1 N–H and O–H groups in total. The van der Waals surface area contributed by atoms with Gasteiger partial charge in [-0.2, -0.15) is 4.98 Å². The van der Waals surface area contributed by atoms with Gasteiger partial charge < -0.3 is 14.4 Å². The molecular formula is C15H20N2O3. The molecule has 0 saturated carbocycles. The van der Waals surface area contributed by atoms with E-state index in [1.54, 1.807) is 6.92 Å². The van der Waals surface area contributed by atoms with Crippen LogP contribution in [0.4, 0.5) is 0 Å². The van der Waals surface area contributed by atoms with Crippen LogP contribution < -0.4 is 4.74 Å². The summed E-state index contributed by atoms with van der Waals surface area (Å²) in [5, 5.41) is 13.6. The monoisotopic (exact) mass is 276 g/mol. The topological polar surface area (TPSA) is 68.4 Å². The van der Waals surface area contributed by atoms with Gasteiger partial charge in [0, 0.05) is 12.0 Å². The zero-order valence-electron chi connectivity index (χ0n) is 12.1. The number of aliphatic hydroxyl groups is 1. The first-order valence-corrected chi connectivity index (χ1v) is 6.83. The van der Waals surface area contributed by atoms with E-state index < -0.39 is 6.10 Å². The third kappa shape index (κ3) is 3.57. The third-order valence-electron chi connectivity index (χ3n) is 2.95. The number of aliphatic hydroxyl groups excluding tert-OH is 1. The Bertz CT molecular complexity index is 564. The highest BCUT2D eigenvalue weighted by atomic mass is 16.5. The van der Waals surface area contributed by atoms with Crippen molar-refractivity contribution in [3.05, 3.63) is 41.0 Å². The average molecular weight is 276 g/mol. The SMILES string of the molecule is CCCc1noc(COc2ccc(C)cc2[C@@H](C)O)n1. The lowest BCUT2D eigenvalue weighted by molar-refractivity contribution is 0.185. The van der Waals surface area contributed by atoms with Gasteiger partial charge in [-0.1, -0.05) is 23.7 Å². The summed E-state index contributed by atoms with van der Waals surface area (Å²) in [4.78, 5) is 4.24. The van der Waals surface area contributed by atoms with Crippen LogP contribution in [0.25, 0.3) is 0 Å². The summed E-state index contributed by atoms with van der Waals surface area (Å²) in [6.45, 7) is 5.96. The van der Waals surface area contributed by atoms with Crippen molar-refractivity contribution < 1.29 is 14.4 Å². The molecule has 108 valence electrons. The highest BCUT2D eigenvalue weighted by molar-refractivity contribution is 5.38. The van der Waals surface area contributed by atoms with Crippen LogP contribution in [0.3, 0.4) is 0 Å². The van der Waals surface area contributed by atoms with E-state index in [1.807, 2.05) is 25.1 Å². The lowest BCUT2D eigenvalue weighted by Crippen LogP contribution is -2.02. The van der Waals surface area contributed by atoms with Crippen molar-refractivity contribution in [2.45, 2.75) is 46.3 Å². The van der Waals surface area contributed by atoms with Crippen LogP contribution >= 0.6 is 0 Å². The molecule has 0 unspecified atom stereocenters. The molecule has 1 atom stereocenters. The first-order valence-electron chi connectivity index (χ1n) is 6.83. The average Bonchev–Trinajstić information content (AvgIpc) is 2.85. The fraction of sp³-hybridized carbons (Fsp3) is 0.467. The molecule has 0 amide bonds. The molecule has 5 nitrogen and oxygen atoms in total. The Balaban J connectivity index is 2.06. The number of aromatic nitrogens is 2. The molecule has 1 heterocycles. The summed E-state index contributed by atoms with van der Waals surface area (Å²) < 4.78 is 10.8. The maximum Gasteiger partial charge on any atom is 0.264 e. The first kappa shape index (κ1) is 14.5. The van der Waals surface area contributed by atoms with Gasteiger partial charge in [0.2, 0.25) is 0 Å². The van der Waals surface area contributed by atoms with Crippen molar-refractivity contribution in [1.29, 1.82) is 0 Å². The molecule has 0 spiro atoms. The molecule has 5 heteroatoms. The predicted molar refractivity (Wildman–Crippen MR) is 74.4 cm³/mol. The summed E-state index contributed by atoms with van der Waals surface area (Å²) in [6, 6.07) is 5.70. The van der Waals surface area contributed by atoms with Crippen LogP contribution in [-0.4, -0.2) is 15.2 Å². The molecule has 2 rings (SSSR count). The molecule has 0 saturated heterocycles. The lowest BCUT2D eigenvalue weighted by atomic mass is 10.1. The van der Waals surface area contributed by atoms with Gasteiger partial charge in [0.25, 0.3) is 5.89 Å². The second-order valence-electron chi connectivity index (χ2n) is 4.86. The van der Waals surface area contributed by atoms with Gasteiger partial charge in [0.05, 0.1) is 6.10 Å². The van der Waals surface area contributed by atoms with Gasteiger partial charge in [-0.15, -0.1) is 0 Å². The minimum Gasteiger partial charge on any atom is -0.483 e. The second-order valence-corrected chi connectivity index (χ2v) is 4.86. The van der Waals surface area contributed by atoms with E-state index >= 15 is 0 Å². The van der Waals surface area contributed by atoms with Gasteiger partial charge in [-0.25, -0.2) is 0 Å². The molecule has 0 aliphatic rings. The van der Waals surface area contributed by atoms with E-state index in [2.05, 4.69) is 17.1 Å². The summed E-state index contributed by atoms with van der Waals surface area (Å²) in [7, 11) is 0. The molecular weight excluding hydrogens is 256 g/mol. The summed E-state index contributed by atoms with van der Waals surface area (Å²) >= 11 is 0. The summed E-state index contributed by atoms with van der Waals surface area (Å²) in [5.74, 6) is 1.79. The molecule has 0 radical (unpaired) electrons. The number of ether oxygens (including phenoxy) is 1. The Morgan fingerprint density at radius 2 is 2.20 bits per heavy atom. The number of nitrogens with zero attached hydrogens (tertiary/aromatic N) is 2. The summed E-state index contributed by atoms with van der Waals surface area (Å²) in [6.07, 6.45) is 1.19. The van der Waals surface area contributed by atoms with Crippen LogP contribution in [0.1, 0.15) is 49.2 Å². The molecule has 2 aromatic rings. The van der Waals surface area contributed by atoms with Gasteiger partial charge in [-0.3, -0.25) is 0 Å². The Kier molecular flexibility index (Phi) is 4.74. The molecule has 0 aliphatic heterocycles. The molecule has 20 heavy (non-hydrogen) atoms. The minimum absolute atomic E-state index is 0.208. The van der Waals surface area contributed by atoms with Crippen molar-refractivity contribution in [2.24, 2.45) is 0 Å². The second kappa shape index (κ2) is 6.52. The summed E-state index contributed by atoms with van der Waals surface area (Å²) in [5.41, 5.74) is 1.84. The van der Waals surface area contributed by atoms with Crippen LogP contribution in [0.2, 0.25) is 0 Å². The highest BCUT2D eigenvalue weighted by Crippen LogP contribution is 2.26. The Morgan fingerprint density at radius 1 is 1.40 bits per heavy atom. The van der Waals surface area contributed by atoms with Crippen LogP contribution in [0, 0.1) is 6.92 Å². The Morgan fingerprint density at radius 3 is 2.90 bits per heavy atom. The van der Waals surface area contributed by atoms with E-state index in [-0.39, 0.29) is 6.61 Å². The van der Waals surface area contributed by atoms with E-state index in [9.17, 15) is 5.11 Å². The molecule has 0 fully saturated rings. The lowest BCUT2D eigenvalue weighted by Gasteiger charge is -2.13. The number of hydrogen-bond acceptors (Lipinski definition) is 5. The Labute approximate surface area is 118 Å². The fourth-order valence-corrected chi connectivity index (χ4v) is 1.94. The smallest absolute Gasteiger partial charge is 0.264 e. The van der Waals surface area contributed by atoms with Crippen molar-refractivity contribution >= 4 is 0 Å². The van der Waals surface area contributed by atoms with Crippen LogP contribution in [0.5, 0.6) is 5.75 Å². The Hall–Kier alpha value is -1.88. The zero-order chi connectivity index (χ0) is 14.5. The highest BCUT2D eigenvalue weighted by Gasteiger charge is 2.12. The van der Waals surface area contributed by atoms with Crippen LogP contribution in [-0.2, 0) is 13.0 Å². The van der Waals surface area contributed by atoms with Gasteiger partial charge in [-0.05, 0) is 32.4 Å². The predicted octanol–water partition coefficient (Wildman–Crippen LogP) is 2.96. The molecule has 1 aromatic carbocycles. The van der Waals surface area contributed by atoms with Crippen molar-refractivity contribution in [2.75, 3.05) is 0 Å². The van der Waals surface area contributed by atoms with E-state index in [0.717, 1.165) is 24.0 Å². The first-order chi connectivity index (χ1) is 9.60. The van der Waals surface area contributed by atoms with Crippen molar-refractivity contribution in [1.82, 2.24) is 10.1 Å². The molecule has 0 bridgehead atoms.